The number of amides is 3. The molecule has 0 aliphatic carbocycles. The Morgan fingerprint density at radius 2 is 1.84 bits per heavy atom. The maximum absolute atomic E-state index is 13.4. The zero-order chi connectivity index (χ0) is 22.0. The fourth-order valence-corrected chi connectivity index (χ4v) is 5.29. The number of likely N-dealkylation sites (tertiary alicyclic amines) is 1. The van der Waals surface area contributed by atoms with Crippen LogP contribution in [-0.2, 0) is 11.3 Å². The number of piperidine rings is 1. The monoisotopic (exact) mass is 443 g/mol. The summed E-state index contributed by atoms with van der Waals surface area (Å²) in [7, 11) is 1.35. The molecule has 0 spiro atoms. The highest BCUT2D eigenvalue weighted by atomic mass is 32.1. The molecule has 3 amide bonds. The first-order valence-electron chi connectivity index (χ1n) is 10.2. The lowest BCUT2D eigenvalue weighted by Crippen LogP contribution is -2.48. The number of hydrogen-bond acceptors (Lipinski definition) is 5. The van der Waals surface area contributed by atoms with Crippen LogP contribution in [0.2, 0.25) is 0 Å². The van der Waals surface area contributed by atoms with Crippen LogP contribution < -0.4 is 0 Å². The molecule has 1 aromatic carbocycles. The molecule has 164 valence electrons. The van der Waals surface area contributed by atoms with E-state index in [1.54, 1.807) is 6.07 Å². The number of ether oxygens (including phenoxy) is 1. The number of carboxylic acid groups (broad SMARTS) is 1. The Balaban J connectivity index is 1.54. The van der Waals surface area contributed by atoms with E-state index in [2.05, 4.69) is 0 Å². The fourth-order valence-electron chi connectivity index (χ4n) is 4.35. The van der Waals surface area contributed by atoms with Crippen LogP contribution in [0.3, 0.4) is 0 Å². The van der Waals surface area contributed by atoms with Gasteiger partial charge in [0.2, 0.25) is 0 Å². The van der Waals surface area contributed by atoms with Crippen LogP contribution in [0.15, 0.2) is 42.5 Å². The highest BCUT2D eigenvalue weighted by Crippen LogP contribution is 2.36. The van der Waals surface area contributed by atoms with Gasteiger partial charge in [0.1, 0.15) is 4.88 Å². The van der Waals surface area contributed by atoms with Gasteiger partial charge in [-0.1, -0.05) is 30.3 Å². The van der Waals surface area contributed by atoms with Gasteiger partial charge in [-0.2, -0.15) is 0 Å². The summed E-state index contributed by atoms with van der Waals surface area (Å²) in [6.07, 6.45) is 0.341. The maximum atomic E-state index is 13.4. The van der Waals surface area contributed by atoms with Gasteiger partial charge in [0, 0.05) is 30.6 Å². The van der Waals surface area contributed by atoms with E-state index in [0.717, 1.165) is 10.4 Å². The van der Waals surface area contributed by atoms with Crippen LogP contribution in [0.5, 0.6) is 0 Å². The summed E-state index contributed by atoms with van der Waals surface area (Å²) in [5.74, 6) is -0.377. The third-order valence-corrected chi connectivity index (χ3v) is 6.98. The van der Waals surface area contributed by atoms with Crippen molar-refractivity contribution in [2.75, 3.05) is 26.7 Å². The molecule has 1 N–H and O–H groups in total. The Bertz CT molecular complexity index is 955. The zero-order valence-electron chi connectivity index (χ0n) is 17.3. The van der Waals surface area contributed by atoms with Crippen LogP contribution in [0.1, 0.15) is 39.0 Å². The Morgan fingerprint density at radius 3 is 2.48 bits per heavy atom. The molecule has 2 aromatic rings. The Labute approximate surface area is 184 Å². The minimum atomic E-state index is -0.911. The molecule has 2 aliphatic heterocycles. The molecule has 1 atom stereocenters. The van der Waals surface area contributed by atoms with E-state index < -0.39 is 6.09 Å². The van der Waals surface area contributed by atoms with Gasteiger partial charge in [0.25, 0.3) is 0 Å². The third kappa shape index (κ3) is 4.36. The van der Waals surface area contributed by atoms with E-state index in [4.69, 9.17) is 4.74 Å². The molecule has 0 saturated carbocycles. The topological polar surface area (TPSA) is 90.4 Å². The number of nitrogens with zero attached hydrogens (tertiary/aromatic N) is 3. The van der Waals surface area contributed by atoms with E-state index >= 15 is 0 Å². The van der Waals surface area contributed by atoms with Gasteiger partial charge in [0.05, 0.1) is 19.7 Å². The average Bonchev–Trinajstić information content (AvgIpc) is 3.39. The third-order valence-electron chi connectivity index (χ3n) is 5.93. The smallest absolute Gasteiger partial charge is 0.407 e. The zero-order valence-corrected chi connectivity index (χ0v) is 18.1. The molecule has 2 fully saturated rings. The van der Waals surface area contributed by atoms with Gasteiger partial charge in [-0.15, -0.1) is 11.3 Å². The summed E-state index contributed by atoms with van der Waals surface area (Å²) < 4.78 is 4.77. The molecular formula is C22H25N3O5S. The Kier molecular flexibility index (Phi) is 6.13. The number of hydrogen-bond donors (Lipinski definition) is 1. The van der Waals surface area contributed by atoms with Crippen molar-refractivity contribution in [3.63, 3.8) is 0 Å². The molecule has 2 aliphatic rings. The van der Waals surface area contributed by atoms with E-state index in [1.165, 1.54) is 23.3 Å². The summed E-state index contributed by atoms with van der Waals surface area (Å²) in [5, 5.41) is 9.24. The number of urea groups is 1. The minimum absolute atomic E-state index is 0.00716. The molecule has 31 heavy (non-hydrogen) atoms. The highest BCUT2D eigenvalue weighted by Gasteiger charge is 2.43. The normalized spacial score (nSPS) is 19.7. The number of methoxy groups -OCH3 is 1. The molecular weight excluding hydrogens is 418 g/mol. The predicted octanol–water partition coefficient (Wildman–Crippen LogP) is 3.66. The number of benzene rings is 1. The molecule has 9 heteroatoms. The second kappa shape index (κ2) is 8.97. The number of thiophene rings is 1. The lowest BCUT2D eigenvalue weighted by molar-refractivity contribution is 0.0606. The van der Waals surface area contributed by atoms with Gasteiger partial charge in [0.15, 0.2) is 0 Å². The molecule has 8 nitrogen and oxygen atoms in total. The van der Waals surface area contributed by atoms with Crippen LogP contribution in [0.25, 0.3) is 0 Å². The minimum Gasteiger partial charge on any atom is -0.465 e. The summed E-state index contributed by atoms with van der Waals surface area (Å²) in [6, 6.07) is 13.4. The SMILES string of the molecule is COC(=O)c1ccc(CN2C[C@@H](c3ccccc3)N(C3CCN(C(=O)O)CC3)C2=O)s1. The second-order valence-corrected chi connectivity index (χ2v) is 8.92. The molecule has 0 unspecified atom stereocenters. The first-order chi connectivity index (χ1) is 15.0. The lowest BCUT2D eigenvalue weighted by atomic mass is 9.99. The van der Waals surface area contributed by atoms with Gasteiger partial charge in [-0.25, -0.2) is 14.4 Å². The Hall–Kier alpha value is -3.07. The van der Waals surface area contributed by atoms with Crippen molar-refractivity contribution in [3.05, 3.63) is 57.8 Å². The Morgan fingerprint density at radius 1 is 1.13 bits per heavy atom. The largest absolute Gasteiger partial charge is 0.465 e. The van der Waals surface area contributed by atoms with Gasteiger partial charge >= 0.3 is 18.1 Å². The van der Waals surface area contributed by atoms with E-state index in [1.807, 2.05) is 46.2 Å². The van der Waals surface area contributed by atoms with Gasteiger partial charge in [-0.3, -0.25) is 0 Å². The first kappa shape index (κ1) is 21.2. The van der Waals surface area contributed by atoms with E-state index in [9.17, 15) is 19.5 Å². The lowest BCUT2D eigenvalue weighted by Gasteiger charge is -2.38. The standard InChI is InChI=1S/C22H25N3O5S/c1-30-20(26)19-8-7-17(31-19)13-24-14-18(15-5-3-2-4-6-15)25(21(24)27)16-9-11-23(12-10-16)22(28)29/h2-8,16,18H,9-14H2,1H3,(H,28,29)/t18-/m0/s1. The quantitative estimate of drug-likeness (QED) is 0.713. The number of esters is 1. The van der Waals surface area contributed by atoms with Crippen LogP contribution in [0, 0.1) is 0 Å². The molecule has 4 rings (SSSR count). The van der Waals surface area contributed by atoms with Crippen molar-refractivity contribution in [2.45, 2.75) is 31.5 Å². The van der Waals surface area contributed by atoms with Crippen LogP contribution in [0.4, 0.5) is 9.59 Å². The summed E-state index contributed by atoms with van der Waals surface area (Å²) in [4.78, 5) is 43.0. The van der Waals surface area contributed by atoms with Gasteiger partial charge < -0.3 is 24.5 Å². The van der Waals surface area contributed by atoms with Crippen molar-refractivity contribution in [1.29, 1.82) is 0 Å². The molecule has 2 saturated heterocycles. The van der Waals surface area contributed by atoms with Crippen LogP contribution in [-0.4, -0.2) is 70.7 Å². The van der Waals surface area contributed by atoms with Crippen molar-refractivity contribution >= 4 is 29.4 Å². The number of carbonyl (C=O) groups excluding carboxylic acids is 2. The van der Waals surface area contributed by atoms with Gasteiger partial charge in [-0.05, 0) is 30.5 Å². The molecule has 0 bridgehead atoms. The van der Waals surface area contributed by atoms with Crippen molar-refractivity contribution in [1.82, 2.24) is 14.7 Å². The summed E-state index contributed by atoms with van der Waals surface area (Å²) in [5.41, 5.74) is 1.07. The van der Waals surface area contributed by atoms with Crippen molar-refractivity contribution in [3.8, 4) is 0 Å². The molecule has 0 radical (unpaired) electrons. The maximum Gasteiger partial charge on any atom is 0.407 e. The van der Waals surface area contributed by atoms with Crippen molar-refractivity contribution < 1.29 is 24.2 Å². The van der Waals surface area contributed by atoms with E-state index in [0.29, 0.717) is 43.9 Å². The highest BCUT2D eigenvalue weighted by molar-refractivity contribution is 7.13. The molecule has 3 heterocycles. The average molecular weight is 444 g/mol. The summed E-state index contributed by atoms with van der Waals surface area (Å²) in [6.45, 7) is 1.83. The second-order valence-electron chi connectivity index (χ2n) is 7.76. The summed E-state index contributed by atoms with van der Waals surface area (Å²) >= 11 is 1.33. The first-order valence-corrected chi connectivity index (χ1v) is 11.1. The van der Waals surface area contributed by atoms with E-state index in [-0.39, 0.29) is 24.1 Å². The number of rotatable bonds is 5. The van der Waals surface area contributed by atoms with Crippen LogP contribution >= 0.6 is 11.3 Å². The number of carbonyl (C=O) groups is 3. The van der Waals surface area contributed by atoms with Crippen molar-refractivity contribution in [2.24, 2.45) is 0 Å². The molecule has 1 aromatic heterocycles. The predicted molar refractivity (Wildman–Crippen MR) is 115 cm³/mol. The fraction of sp³-hybridized carbons (Fsp3) is 0.409.